The van der Waals surface area contributed by atoms with Gasteiger partial charge < -0.3 is 19.8 Å². The van der Waals surface area contributed by atoms with Crippen LogP contribution in [-0.2, 0) is 27.3 Å². The maximum atomic E-state index is 10.7. The summed E-state index contributed by atoms with van der Waals surface area (Å²) in [6, 6.07) is 21.9. The van der Waals surface area contributed by atoms with E-state index in [1.165, 1.54) is 0 Å². The summed E-state index contributed by atoms with van der Waals surface area (Å²) in [5, 5.41) is 25.4. The molecule has 4 nitrogen and oxygen atoms in total. The summed E-state index contributed by atoms with van der Waals surface area (Å²) in [6.45, 7) is 3.80. The van der Waals surface area contributed by atoms with E-state index in [1.807, 2.05) is 62.4 Å². The standard InChI is InChI=1S/2C12H10O2.Cd/c2*1-8-6-10(12(13)14)7-9-4-2-3-5-11(8)9;/h2*2-7H,1H3,(H,13,14);/q;;+2/p-2. The van der Waals surface area contributed by atoms with Gasteiger partial charge in [-0.15, -0.1) is 0 Å². The van der Waals surface area contributed by atoms with Crippen LogP contribution in [-0.4, -0.2) is 11.9 Å². The minimum atomic E-state index is -1.13. The first-order valence-electron chi connectivity index (χ1n) is 8.78. The van der Waals surface area contributed by atoms with Gasteiger partial charge in [-0.1, -0.05) is 48.5 Å². The number of benzene rings is 4. The van der Waals surface area contributed by atoms with Crippen LogP contribution in [0, 0.1) is 13.8 Å². The van der Waals surface area contributed by atoms with E-state index in [0.717, 1.165) is 32.7 Å². The number of carbonyl (C=O) groups excluding carboxylic acids is 2. The Morgan fingerprint density at radius 3 is 1.31 bits per heavy atom. The summed E-state index contributed by atoms with van der Waals surface area (Å²) in [5.41, 5.74) is 2.40. The van der Waals surface area contributed by atoms with Gasteiger partial charge in [-0.25, -0.2) is 0 Å². The number of carboxylic acids is 2. The first-order chi connectivity index (χ1) is 13.4. The SMILES string of the molecule is Cc1cc(C(=O)[O-])cc2ccccc12.Cc1cc(C(=O)[O-])cc2ccccc12.[Cd+2]. The first kappa shape index (κ1) is 22.6. The average molecular weight is 483 g/mol. The molecule has 0 spiro atoms. The van der Waals surface area contributed by atoms with Crippen LogP contribution in [0.1, 0.15) is 31.8 Å². The van der Waals surface area contributed by atoms with E-state index in [9.17, 15) is 19.8 Å². The van der Waals surface area contributed by atoms with Gasteiger partial charge in [-0.05, 0) is 81.9 Å². The van der Waals surface area contributed by atoms with E-state index < -0.39 is 11.9 Å². The van der Waals surface area contributed by atoms with Crippen LogP contribution < -0.4 is 10.2 Å². The molecule has 0 bridgehead atoms. The van der Waals surface area contributed by atoms with Gasteiger partial charge in [0.2, 0.25) is 0 Å². The number of carboxylic acid groups (broad SMARTS) is 2. The summed E-state index contributed by atoms with van der Waals surface area (Å²) >= 11 is 0. The molecule has 0 atom stereocenters. The van der Waals surface area contributed by atoms with E-state index in [0.29, 0.717) is 0 Å². The molecular weight excluding hydrogens is 465 g/mol. The Bertz CT molecular complexity index is 1100. The van der Waals surface area contributed by atoms with Gasteiger partial charge in [-0.2, -0.15) is 0 Å². The zero-order chi connectivity index (χ0) is 20.3. The normalized spacial score (nSPS) is 10.0. The van der Waals surface area contributed by atoms with Crippen LogP contribution in [0.3, 0.4) is 0 Å². The molecule has 140 valence electrons. The zero-order valence-electron chi connectivity index (χ0n) is 16.3. The van der Waals surface area contributed by atoms with Crippen LogP contribution in [0.25, 0.3) is 21.5 Å². The van der Waals surface area contributed by atoms with Gasteiger partial charge in [0.15, 0.2) is 0 Å². The van der Waals surface area contributed by atoms with Gasteiger partial charge in [0.25, 0.3) is 0 Å². The topological polar surface area (TPSA) is 80.3 Å². The van der Waals surface area contributed by atoms with Gasteiger partial charge in [-0.3, -0.25) is 0 Å². The Morgan fingerprint density at radius 1 is 0.621 bits per heavy atom. The minimum absolute atomic E-state index is 0. The fraction of sp³-hybridized carbons (Fsp3) is 0.0833. The molecule has 0 aliphatic rings. The molecule has 0 heterocycles. The summed E-state index contributed by atoms with van der Waals surface area (Å²) in [5.74, 6) is -2.25. The third kappa shape index (κ3) is 5.20. The molecule has 0 aromatic heterocycles. The van der Waals surface area contributed by atoms with Crippen molar-refractivity contribution in [2.24, 2.45) is 0 Å². The molecular formula is C24H18CdO4. The quantitative estimate of drug-likeness (QED) is 0.411. The van der Waals surface area contributed by atoms with Crippen molar-refractivity contribution in [3.63, 3.8) is 0 Å². The Hall–Kier alpha value is -2.74. The van der Waals surface area contributed by atoms with E-state index in [-0.39, 0.29) is 38.4 Å². The molecule has 0 saturated heterocycles. The van der Waals surface area contributed by atoms with Gasteiger partial charge in [0, 0.05) is 0 Å². The Morgan fingerprint density at radius 2 is 0.966 bits per heavy atom. The summed E-state index contributed by atoms with van der Waals surface area (Å²) < 4.78 is 0. The second-order valence-electron chi connectivity index (χ2n) is 6.60. The molecule has 0 amide bonds. The molecule has 29 heavy (non-hydrogen) atoms. The molecule has 4 aromatic rings. The van der Waals surface area contributed by atoms with Crippen molar-refractivity contribution in [1.82, 2.24) is 0 Å². The average Bonchev–Trinajstić information content (AvgIpc) is 2.68. The number of fused-ring (bicyclic) bond motifs is 2. The van der Waals surface area contributed by atoms with Crippen molar-refractivity contribution in [3.8, 4) is 0 Å². The van der Waals surface area contributed by atoms with Crippen LogP contribution in [0.4, 0.5) is 0 Å². The third-order valence-electron chi connectivity index (χ3n) is 4.61. The number of aryl methyl sites for hydroxylation is 2. The van der Waals surface area contributed by atoms with Crippen LogP contribution in [0.15, 0.2) is 72.8 Å². The summed E-state index contributed by atoms with van der Waals surface area (Å²) in [4.78, 5) is 21.4. The fourth-order valence-electron chi connectivity index (χ4n) is 3.24. The van der Waals surface area contributed by atoms with Gasteiger partial charge >= 0.3 is 27.3 Å². The predicted molar refractivity (Wildman–Crippen MR) is 106 cm³/mol. The zero-order valence-corrected chi connectivity index (χ0v) is 20.3. The number of hydrogen-bond acceptors (Lipinski definition) is 4. The molecule has 0 unspecified atom stereocenters. The smallest absolute Gasteiger partial charge is 0.545 e. The second kappa shape index (κ2) is 9.65. The van der Waals surface area contributed by atoms with Crippen molar-refractivity contribution < 1.29 is 47.1 Å². The number of rotatable bonds is 2. The fourth-order valence-corrected chi connectivity index (χ4v) is 3.24. The van der Waals surface area contributed by atoms with Crippen molar-refractivity contribution in [1.29, 1.82) is 0 Å². The molecule has 5 heteroatoms. The molecule has 0 saturated carbocycles. The van der Waals surface area contributed by atoms with Crippen molar-refractivity contribution >= 4 is 33.5 Å². The number of hydrogen-bond donors (Lipinski definition) is 0. The maximum Gasteiger partial charge on any atom is 2.00 e. The van der Waals surface area contributed by atoms with Crippen LogP contribution >= 0.6 is 0 Å². The molecule has 0 fully saturated rings. The van der Waals surface area contributed by atoms with Crippen molar-refractivity contribution in [3.05, 3.63) is 95.1 Å². The van der Waals surface area contributed by atoms with Gasteiger partial charge in [0.05, 0.1) is 11.9 Å². The minimum Gasteiger partial charge on any atom is -0.545 e. The molecule has 0 aliphatic carbocycles. The number of carbonyl (C=O) groups is 2. The first-order valence-corrected chi connectivity index (χ1v) is 8.78. The van der Waals surface area contributed by atoms with Gasteiger partial charge in [0.1, 0.15) is 0 Å². The van der Waals surface area contributed by atoms with Crippen LogP contribution in [0.2, 0.25) is 0 Å². The molecule has 4 rings (SSSR count). The summed E-state index contributed by atoms with van der Waals surface area (Å²) in [7, 11) is 0. The maximum absolute atomic E-state index is 10.7. The molecule has 0 radical (unpaired) electrons. The summed E-state index contributed by atoms with van der Waals surface area (Å²) in [6.07, 6.45) is 0. The van der Waals surface area contributed by atoms with E-state index in [2.05, 4.69) is 0 Å². The van der Waals surface area contributed by atoms with Crippen molar-refractivity contribution in [2.45, 2.75) is 13.8 Å². The number of aromatic carboxylic acids is 2. The van der Waals surface area contributed by atoms with Crippen molar-refractivity contribution in [2.75, 3.05) is 0 Å². The van der Waals surface area contributed by atoms with E-state index >= 15 is 0 Å². The molecule has 4 aromatic carbocycles. The monoisotopic (exact) mass is 484 g/mol. The Kier molecular flexibility index (Phi) is 7.50. The third-order valence-corrected chi connectivity index (χ3v) is 4.61. The Balaban J connectivity index is 0.000000200. The predicted octanol–water partition coefficient (Wildman–Crippen LogP) is 3.02. The molecule has 0 aliphatic heterocycles. The Labute approximate surface area is 189 Å². The largest absolute Gasteiger partial charge is 2.00 e. The second-order valence-corrected chi connectivity index (χ2v) is 6.60. The molecule has 0 N–H and O–H groups in total. The van der Waals surface area contributed by atoms with E-state index in [4.69, 9.17) is 0 Å². The van der Waals surface area contributed by atoms with Crippen LogP contribution in [0.5, 0.6) is 0 Å². The van der Waals surface area contributed by atoms with E-state index in [1.54, 1.807) is 24.3 Å².